The van der Waals surface area contributed by atoms with Crippen LogP contribution in [0.25, 0.3) is 0 Å². The van der Waals surface area contributed by atoms with Crippen LogP contribution in [0.5, 0.6) is 0 Å². The van der Waals surface area contributed by atoms with Gasteiger partial charge in [-0.2, -0.15) is 4.31 Å². The fourth-order valence-electron chi connectivity index (χ4n) is 3.07. The Hall–Kier alpha value is -1.18. The molecule has 2 aliphatic rings. The van der Waals surface area contributed by atoms with Gasteiger partial charge in [-0.15, -0.1) is 11.3 Å². The van der Waals surface area contributed by atoms with E-state index < -0.39 is 10.0 Å². The Labute approximate surface area is 141 Å². The van der Waals surface area contributed by atoms with Gasteiger partial charge < -0.3 is 4.90 Å². The highest BCUT2D eigenvalue weighted by molar-refractivity contribution is 7.91. The van der Waals surface area contributed by atoms with Crippen molar-refractivity contribution in [3.05, 3.63) is 29.2 Å². The summed E-state index contributed by atoms with van der Waals surface area (Å²) in [5.41, 5.74) is 0. The molecule has 1 atom stereocenters. The maximum atomic E-state index is 12.6. The summed E-state index contributed by atoms with van der Waals surface area (Å²) in [5.74, 6) is 0.504. The van der Waals surface area contributed by atoms with Gasteiger partial charge in [-0.3, -0.25) is 4.79 Å². The van der Waals surface area contributed by atoms with Gasteiger partial charge in [0, 0.05) is 37.5 Å². The van der Waals surface area contributed by atoms with Gasteiger partial charge in [-0.1, -0.05) is 12.2 Å². The number of piperazine rings is 1. The van der Waals surface area contributed by atoms with Gasteiger partial charge in [0.25, 0.3) is 10.0 Å². The molecule has 7 heteroatoms. The minimum Gasteiger partial charge on any atom is -0.340 e. The normalized spacial score (nSPS) is 22.7. The Balaban J connectivity index is 1.57. The third kappa shape index (κ3) is 3.67. The van der Waals surface area contributed by atoms with E-state index in [0.717, 1.165) is 17.7 Å². The first-order valence-corrected chi connectivity index (χ1v) is 10.2. The summed E-state index contributed by atoms with van der Waals surface area (Å²) in [7, 11) is -3.41. The van der Waals surface area contributed by atoms with Crippen LogP contribution < -0.4 is 0 Å². The summed E-state index contributed by atoms with van der Waals surface area (Å²) in [6.07, 6.45) is 6.92. The molecule has 0 saturated carbocycles. The van der Waals surface area contributed by atoms with E-state index in [-0.39, 0.29) is 5.91 Å². The van der Waals surface area contributed by atoms with E-state index in [1.807, 2.05) is 13.0 Å². The quantitative estimate of drug-likeness (QED) is 0.779. The summed E-state index contributed by atoms with van der Waals surface area (Å²) in [6, 6.07) is 3.49. The lowest BCUT2D eigenvalue weighted by molar-refractivity contribution is -0.133. The minimum atomic E-state index is -3.41. The van der Waals surface area contributed by atoms with Crippen LogP contribution in [0, 0.1) is 12.8 Å². The lowest BCUT2D eigenvalue weighted by Crippen LogP contribution is -2.50. The molecule has 0 spiro atoms. The average molecular weight is 354 g/mol. The highest BCUT2D eigenvalue weighted by atomic mass is 32.2. The molecule has 23 heavy (non-hydrogen) atoms. The second kappa shape index (κ2) is 6.75. The number of hydrogen-bond acceptors (Lipinski definition) is 4. The van der Waals surface area contributed by atoms with Crippen molar-refractivity contribution < 1.29 is 13.2 Å². The van der Waals surface area contributed by atoms with Crippen LogP contribution >= 0.6 is 11.3 Å². The molecule has 3 rings (SSSR count). The third-order valence-electron chi connectivity index (χ3n) is 4.45. The highest BCUT2D eigenvalue weighted by Gasteiger charge is 2.31. The number of hydrogen-bond donors (Lipinski definition) is 0. The highest BCUT2D eigenvalue weighted by Crippen LogP contribution is 2.26. The smallest absolute Gasteiger partial charge is 0.252 e. The summed E-state index contributed by atoms with van der Waals surface area (Å²) in [4.78, 5) is 15.1. The van der Waals surface area contributed by atoms with Crippen molar-refractivity contribution in [1.82, 2.24) is 9.21 Å². The zero-order valence-electron chi connectivity index (χ0n) is 13.3. The lowest BCUT2D eigenvalue weighted by Gasteiger charge is -2.34. The number of rotatable bonds is 4. The molecule has 0 unspecified atom stereocenters. The average Bonchev–Trinajstić information content (AvgIpc) is 3.19. The second-order valence-electron chi connectivity index (χ2n) is 6.12. The van der Waals surface area contributed by atoms with Gasteiger partial charge in [0.05, 0.1) is 0 Å². The van der Waals surface area contributed by atoms with E-state index in [0.29, 0.717) is 42.7 Å². The number of aryl methyl sites for hydroxylation is 1. The van der Waals surface area contributed by atoms with Crippen LogP contribution in [0.15, 0.2) is 28.5 Å². The number of carbonyl (C=O) groups excluding carboxylic acids is 1. The Kier molecular flexibility index (Phi) is 4.89. The van der Waals surface area contributed by atoms with Gasteiger partial charge in [0.2, 0.25) is 5.91 Å². The van der Waals surface area contributed by atoms with Gasteiger partial charge in [-0.05, 0) is 37.8 Å². The van der Waals surface area contributed by atoms with Crippen LogP contribution in [0.2, 0.25) is 0 Å². The molecule has 1 amide bonds. The van der Waals surface area contributed by atoms with E-state index in [1.54, 1.807) is 11.0 Å². The molecule has 1 fully saturated rings. The zero-order valence-corrected chi connectivity index (χ0v) is 14.9. The first-order chi connectivity index (χ1) is 11.0. The second-order valence-corrected chi connectivity index (χ2v) is 9.57. The maximum Gasteiger partial charge on any atom is 0.252 e. The standard InChI is InChI=1S/C16H22N2O3S2/c1-13-6-7-16(22-13)23(20,21)18-10-8-17(9-11-18)15(19)12-14-4-2-3-5-14/h2,4,6-7,14H,3,5,8-12H2,1H3/t14-/m1/s1. The first-order valence-electron chi connectivity index (χ1n) is 7.98. The van der Waals surface area contributed by atoms with Crippen molar-refractivity contribution in [2.75, 3.05) is 26.2 Å². The number of nitrogens with zero attached hydrogens (tertiary/aromatic N) is 2. The topological polar surface area (TPSA) is 57.7 Å². The minimum absolute atomic E-state index is 0.144. The fraction of sp³-hybridized carbons (Fsp3) is 0.562. The Morgan fingerprint density at radius 3 is 2.57 bits per heavy atom. The molecule has 1 aromatic rings. The molecule has 1 aliphatic heterocycles. The summed E-state index contributed by atoms with van der Waals surface area (Å²) in [6.45, 7) is 3.63. The van der Waals surface area contributed by atoms with Crippen molar-refractivity contribution in [3.8, 4) is 0 Å². The van der Waals surface area contributed by atoms with Crippen LogP contribution in [-0.4, -0.2) is 49.7 Å². The van der Waals surface area contributed by atoms with Gasteiger partial charge >= 0.3 is 0 Å². The molecule has 1 saturated heterocycles. The fourth-order valence-corrected chi connectivity index (χ4v) is 5.93. The van der Waals surface area contributed by atoms with Gasteiger partial charge in [-0.25, -0.2) is 8.42 Å². The third-order valence-corrected chi connectivity index (χ3v) is 7.82. The SMILES string of the molecule is Cc1ccc(S(=O)(=O)N2CCN(C(=O)C[C@@H]3C=CCC3)CC2)s1. The Morgan fingerprint density at radius 1 is 1.26 bits per heavy atom. The zero-order chi connectivity index (χ0) is 16.4. The van der Waals surface area contributed by atoms with Crippen LogP contribution in [0.3, 0.4) is 0 Å². The molecule has 126 valence electrons. The van der Waals surface area contributed by atoms with E-state index in [1.165, 1.54) is 15.6 Å². The van der Waals surface area contributed by atoms with Crippen LogP contribution in [0.1, 0.15) is 24.1 Å². The number of amides is 1. The Morgan fingerprint density at radius 2 is 2.00 bits per heavy atom. The van der Waals surface area contributed by atoms with Crippen molar-refractivity contribution in [2.24, 2.45) is 5.92 Å². The van der Waals surface area contributed by atoms with E-state index in [2.05, 4.69) is 12.2 Å². The molecule has 5 nitrogen and oxygen atoms in total. The molecule has 1 aromatic heterocycles. The molecule has 1 aliphatic carbocycles. The molecular weight excluding hydrogens is 332 g/mol. The monoisotopic (exact) mass is 354 g/mol. The number of carbonyl (C=O) groups is 1. The summed E-state index contributed by atoms with van der Waals surface area (Å²) >= 11 is 1.30. The lowest BCUT2D eigenvalue weighted by atomic mass is 10.0. The largest absolute Gasteiger partial charge is 0.340 e. The number of sulfonamides is 1. The van der Waals surface area contributed by atoms with E-state index >= 15 is 0 Å². The Bertz CT molecular complexity index is 701. The summed E-state index contributed by atoms with van der Waals surface area (Å²) < 4.78 is 27.1. The van der Waals surface area contributed by atoms with Crippen LogP contribution in [-0.2, 0) is 14.8 Å². The molecule has 0 N–H and O–H groups in total. The van der Waals surface area contributed by atoms with Gasteiger partial charge in [0.1, 0.15) is 4.21 Å². The predicted molar refractivity (Wildman–Crippen MR) is 90.9 cm³/mol. The maximum absolute atomic E-state index is 12.6. The van der Waals surface area contributed by atoms with Crippen molar-refractivity contribution >= 4 is 27.3 Å². The molecule has 0 bridgehead atoms. The molecular formula is C16H22N2O3S2. The van der Waals surface area contributed by atoms with Gasteiger partial charge in [0.15, 0.2) is 0 Å². The predicted octanol–water partition coefficient (Wildman–Crippen LogP) is 2.25. The summed E-state index contributed by atoms with van der Waals surface area (Å²) in [5, 5.41) is 0. The number of thiophene rings is 1. The van der Waals surface area contributed by atoms with E-state index in [9.17, 15) is 13.2 Å². The van der Waals surface area contributed by atoms with Crippen molar-refractivity contribution in [3.63, 3.8) is 0 Å². The molecule has 0 radical (unpaired) electrons. The number of allylic oxidation sites excluding steroid dienone is 2. The molecule has 0 aromatic carbocycles. The first kappa shape index (κ1) is 16.7. The van der Waals surface area contributed by atoms with Crippen molar-refractivity contribution in [2.45, 2.75) is 30.4 Å². The van der Waals surface area contributed by atoms with Crippen molar-refractivity contribution in [1.29, 1.82) is 0 Å². The molecule has 2 heterocycles. The van der Waals surface area contributed by atoms with Crippen LogP contribution in [0.4, 0.5) is 0 Å². The van der Waals surface area contributed by atoms with E-state index in [4.69, 9.17) is 0 Å².